The molecular weight excluding hydrogens is 243 g/mol. The summed E-state index contributed by atoms with van der Waals surface area (Å²) < 4.78 is 37.3. The Bertz CT molecular complexity index is 405. The molecular formula is C13H16F3NO. The van der Waals surface area contributed by atoms with Crippen molar-refractivity contribution < 1.29 is 18.3 Å². The summed E-state index contributed by atoms with van der Waals surface area (Å²) in [5.74, 6) is 0.0363. The molecule has 100 valence electrons. The molecule has 2 nitrogen and oxygen atoms in total. The maximum Gasteiger partial charge on any atom is 0.416 e. The van der Waals surface area contributed by atoms with E-state index in [1.807, 2.05) is 0 Å². The fourth-order valence-electron chi connectivity index (χ4n) is 2.37. The van der Waals surface area contributed by atoms with E-state index in [0.717, 1.165) is 25.1 Å². The Labute approximate surface area is 104 Å². The molecule has 1 saturated heterocycles. The molecule has 2 atom stereocenters. The number of hydrogen-bond acceptors (Lipinski definition) is 2. The third-order valence-electron chi connectivity index (χ3n) is 3.65. The molecule has 2 rings (SSSR count). The zero-order chi connectivity index (χ0) is 13.4. The number of halogens is 3. The molecule has 5 heteroatoms. The molecule has 1 fully saturated rings. The van der Waals surface area contributed by atoms with E-state index in [4.69, 9.17) is 0 Å². The first-order valence-corrected chi connectivity index (χ1v) is 5.92. The number of aliphatic hydroxyl groups is 1. The van der Waals surface area contributed by atoms with E-state index in [1.165, 1.54) is 12.1 Å². The number of rotatable bonds is 2. The number of nitrogens with one attached hydrogen (secondary N) is 1. The second-order valence-electron chi connectivity index (χ2n) is 4.91. The summed E-state index contributed by atoms with van der Waals surface area (Å²) in [6.45, 7) is 3.18. The molecule has 0 saturated carbocycles. The van der Waals surface area contributed by atoms with Gasteiger partial charge in [0, 0.05) is 12.5 Å². The highest BCUT2D eigenvalue weighted by Gasteiger charge is 2.36. The summed E-state index contributed by atoms with van der Waals surface area (Å²) in [7, 11) is 0. The van der Waals surface area contributed by atoms with E-state index in [-0.39, 0.29) is 5.92 Å². The molecule has 1 heterocycles. The Morgan fingerprint density at radius 2 is 1.72 bits per heavy atom. The predicted molar refractivity (Wildman–Crippen MR) is 62.0 cm³/mol. The van der Waals surface area contributed by atoms with E-state index in [1.54, 1.807) is 6.92 Å². The second-order valence-corrected chi connectivity index (χ2v) is 4.91. The van der Waals surface area contributed by atoms with Crippen molar-refractivity contribution in [3.63, 3.8) is 0 Å². The van der Waals surface area contributed by atoms with Gasteiger partial charge in [-0.05, 0) is 37.6 Å². The Kier molecular flexibility index (Phi) is 3.38. The quantitative estimate of drug-likeness (QED) is 0.855. The van der Waals surface area contributed by atoms with Crippen molar-refractivity contribution in [2.75, 3.05) is 13.1 Å². The van der Waals surface area contributed by atoms with E-state index in [2.05, 4.69) is 5.32 Å². The summed E-state index contributed by atoms with van der Waals surface area (Å²) in [5, 5.41) is 13.6. The van der Waals surface area contributed by atoms with Gasteiger partial charge in [0.1, 0.15) is 0 Å². The molecule has 0 aromatic heterocycles. The van der Waals surface area contributed by atoms with Crippen molar-refractivity contribution in [3.05, 3.63) is 35.4 Å². The lowest BCUT2D eigenvalue weighted by molar-refractivity contribution is -0.137. The van der Waals surface area contributed by atoms with Crippen LogP contribution >= 0.6 is 0 Å². The number of benzene rings is 1. The van der Waals surface area contributed by atoms with Crippen LogP contribution in [0.25, 0.3) is 0 Å². The van der Waals surface area contributed by atoms with Gasteiger partial charge in [-0.25, -0.2) is 0 Å². The average Bonchev–Trinajstić information content (AvgIpc) is 2.82. The average molecular weight is 259 g/mol. The monoisotopic (exact) mass is 259 g/mol. The SMILES string of the molecule is C[C@@](O)(c1ccc(C(F)(F)F)cc1)[C@@H]1CCNC1. The van der Waals surface area contributed by atoms with Crippen LogP contribution in [0.2, 0.25) is 0 Å². The van der Waals surface area contributed by atoms with Crippen LogP contribution in [0.5, 0.6) is 0 Å². The molecule has 1 aliphatic rings. The van der Waals surface area contributed by atoms with Gasteiger partial charge in [-0.1, -0.05) is 12.1 Å². The van der Waals surface area contributed by atoms with Crippen molar-refractivity contribution in [2.24, 2.45) is 5.92 Å². The molecule has 1 aromatic rings. The lowest BCUT2D eigenvalue weighted by atomic mass is 9.82. The molecule has 1 aromatic carbocycles. The van der Waals surface area contributed by atoms with Crippen LogP contribution < -0.4 is 5.32 Å². The predicted octanol–water partition coefficient (Wildman–Crippen LogP) is 2.52. The maximum atomic E-state index is 12.4. The van der Waals surface area contributed by atoms with Crippen LogP contribution in [-0.2, 0) is 11.8 Å². The third-order valence-corrected chi connectivity index (χ3v) is 3.65. The first-order chi connectivity index (χ1) is 8.32. The minimum absolute atomic E-state index is 0.0363. The highest BCUT2D eigenvalue weighted by atomic mass is 19.4. The van der Waals surface area contributed by atoms with Gasteiger partial charge in [0.05, 0.1) is 11.2 Å². The van der Waals surface area contributed by atoms with Crippen LogP contribution in [-0.4, -0.2) is 18.2 Å². The third kappa shape index (κ3) is 2.52. The molecule has 0 aliphatic carbocycles. The van der Waals surface area contributed by atoms with E-state index < -0.39 is 17.3 Å². The molecule has 0 spiro atoms. The molecule has 2 N–H and O–H groups in total. The number of alkyl halides is 3. The smallest absolute Gasteiger partial charge is 0.385 e. The molecule has 0 unspecified atom stereocenters. The second kappa shape index (κ2) is 4.55. The van der Waals surface area contributed by atoms with Crippen molar-refractivity contribution in [3.8, 4) is 0 Å². The number of hydrogen-bond donors (Lipinski definition) is 2. The molecule has 0 radical (unpaired) electrons. The van der Waals surface area contributed by atoms with Gasteiger partial charge in [0.25, 0.3) is 0 Å². The molecule has 1 aliphatic heterocycles. The van der Waals surface area contributed by atoms with Gasteiger partial charge >= 0.3 is 6.18 Å². The fourth-order valence-corrected chi connectivity index (χ4v) is 2.37. The Morgan fingerprint density at radius 3 is 2.17 bits per heavy atom. The van der Waals surface area contributed by atoms with Gasteiger partial charge in [-0.3, -0.25) is 0 Å². The van der Waals surface area contributed by atoms with Gasteiger partial charge in [0.15, 0.2) is 0 Å². The standard InChI is InChI=1S/C13H16F3NO/c1-12(18,11-6-7-17-8-11)9-2-4-10(5-3-9)13(14,15)16/h2-5,11,17-18H,6-8H2,1H3/t11-,12-/m1/s1. The summed E-state index contributed by atoms with van der Waals surface area (Å²) in [6, 6.07) is 4.76. The summed E-state index contributed by atoms with van der Waals surface area (Å²) in [5.41, 5.74) is -1.25. The van der Waals surface area contributed by atoms with Crippen molar-refractivity contribution in [2.45, 2.75) is 25.1 Å². The highest BCUT2D eigenvalue weighted by molar-refractivity contribution is 5.29. The Morgan fingerprint density at radius 1 is 1.17 bits per heavy atom. The van der Waals surface area contributed by atoms with Gasteiger partial charge < -0.3 is 10.4 Å². The Hall–Kier alpha value is -1.07. The summed E-state index contributed by atoms with van der Waals surface area (Å²) in [4.78, 5) is 0. The molecule has 0 amide bonds. The van der Waals surface area contributed by atoms with Gasteiger partial charge in [0.2, 0.25) is 0 Å². The minimum atomic E-state index is -4.33. The topological polar surface area (TPSA) is 32.3 Å². The van der Waals surface area contributed by atoms with Crippen LogP contribution in [0.4, 0.5) is 13.2 Å². The summed E-state index contributed by atoms with van der Waals surface area (Å²) >= 11 is 0. The zero-order valence-electron chi connectivity index (χ0n) is 10.1. The van der Waals surface area contributed by atoms with Crippen LogP contribution in [0, 0.1) is 5.92 Å². The van der Waals surface area contributed by atoms with E-state index in [0.29, 0.717) is 12.1 Å². The normalized spacial score (nSPS) is 23.9. The highest BCUT2D eigenvalue weighted by Crippen LogP contribution is 2.35. The van der Waals surface area contributed by atoms with Gasteiger partial charge in [-0.2, -0.15) is 13.2 Å². The zero-order valence-corrected chi connectivity index (χ0v) is 10.1. The first kappa shape index (κ1) is 13.4. The van der Waals surface area contributed by atoms with Gasteiger partial charge in [-0.15, -0.1) is 0 Å². The largest absolute Gasteiger partial charge is 0.416 e. The lowest BCUT2D eigenvalue weighted by Crippen LogP contribution is -2.33. The Balaban J connectivity index is 2.23. The van der Waals surface area contributed by atoms with Crippen LogP contribution in [0.15, 0.2) is 24.3 Å². The van der Waals surface area contributed by atoms with Crippen LogP contribution in [0.1, 0.15) is 24.5 Å². The van der Waals surface area contributed by atoms with Crippen molar-refractivity contribution in [1.82, 2.24) is 5.32 Å². The molecule has 18 heavy (non-hydrogen) atoms. The summed E-state index contributed by atoms with van der Waals surface area (Å²) in [6.07, 6.45) is -3.51. The van der Waals surface area contributed by atoms with Crippen molar-refractivity contribution in [1.29, 1.82) is 0 Å². The van der Waals surface area contributed by atoms with E-state index >= 15 is 0 Å². The minimum Gasteiger partial charge on any atom is -0.385 e. The fraction of sp³-hybridized carbons (Fsp3) is 0.538. The van der Waals surface area contributed by atoms with Crippen LogP contribution in [0.3, 0.4) is 0 Å². The van der Waals surface area contributed by atoms with E-state index in [9.17, 15) is 18.3 Å². The lowest BCUT2D eigenvalue weighted by Gasteiger charge is -2.30. The molecule has 0 bridgehead atoms. The first-order valence-electron chi connectivity index (χ1n) is 5.92. The maximum absolute atomic E-state index is 12.4. The van der Waals surface area contributed by atoms with Crippen molar-refractivity contribution >= 4 is 0 Å².